The second kappa shape index (κ2) is 3.73. The molecule has 1 fully saturated rings. The predicted octanol–water partition coefficient (Wildman–Crippen LogP) is 0.0842. The van der Waals surface area contributed by atoms with Crippen molar-refractivity contribution in [1.29, 1.82) is 0 Å². The molecule has 3 nitrogen and oxygen atoms in total. The zero-order valence-electron chi connectivity index (χ0n) is 8.01. The van der Waals surface area contributed by atoms with Crippen molar-refractivity contribution in [3.05, 3.63) is 0 Å². The van der Waals surface area contributed by atoms with Crippen molar-refractivity contribution >= 4 is 0 Å². The van der Waals surface area contributed by atoms with E-state index in [9.17, 15) is 5.11 Å². The minimum Gasteiger partial charge on any atom is -0.388 e. The van der Waals surface area contributed by atoms with E-state index in [0.717, 1.165) is 12.8 Å². The van der Waals surface area contributed by atoms with Crippen LogP contribution in [0.4, 0.5) is 0 Å². The van der Waals surface area contributed by atoms with Crippen LogP contribution in [0.5, 0.6) is 0 Å². The number of aliphatic hydroxyl groups is 1. The molecule has 1 aliphatic rings. The van der Waals surface area contributed by atoms with Crippen molar-refractivity contribution in [1.82, 2.24) is 5.32 Å². The van der Waals surface area contributed by atoms with Crippen LogP contribution in [-0.4, -0.2) is 29.8 Å². The fraction of sp³-hybridized carbons (Fsp3) is 1.00. The van der Waals surface area contributed by atoms with Crippen LogP contribution in [0.2, 0.25) is 0 Å². The van der Waals surface area contributed by atoms with Crippen molar-refractivity contribution in [2.45, 2.75) is 38.3 Å². The first-order chi connectivity index (χ1) is 5.58. The molecule has 0 saturated carbocycles. The highest BCUT2D eigenvalue weighted by Gasteiger charge is 2.35. The molecular weight excluding hydrogens is 152 g/mol. The molecule has 1 heterocycles. The zero-order chi connectivity index (χ0) is 9.19. The zero-order valence-corrected chi connectivity index (χ0v) is 8.01. The Morgan fingerprint density at radius 3 is 2.83 bits per heavy atom. The van der Waals surface area contributed by atoms with Gasteiger partial charge in [0.2, 0.25) is 0 Å². The quantitative estimate of drug-likeness (QED) is 0.553. The summed E-state index contributed by atoms with van der Waals surface area (Å²) in [4.78, 5) is 0. The molecular formula is C9H20N2O. The highest BCUT2D eigenvalue weighted by Crippen LogP contribution is 2.26. The Balaban J connectivity index is 2.49. The van der Waals surface area contributed by atoms with Crippen LogP contribution in [-0.2, 0) is 0 Å². The van der Waals surface area contributed by atoms with E-state index in [1.807, 2.05) is 6.92 Å². The number of rotatable bonds is 2. The van der Waals surface area contributed by atoms with Crippen molar-refractivity contribution in [3.8, 4) is 0 Å². The van der Waals surface area contributed by atoms with Crippen molar-refractivity contribution in [3.63, 3.8) is 0 Å². The summed E-state index contributed by atoms with van der Waals surface area (Å²) in [5, 5.41) is 13.4. The van der Waals surface area contributed by atoms with Gasteiger partial charge in [-0.05, 0) is 32.2 Å². The number of nitrogens with two attached hydrogens (primary N) is 1. The summed E-state index contributed by atoms with van der Waals surface area (Å²) >= 11 is 0. The van der Waals surface area contributed by atoms with E-state index in [0.29, 0.717) is 19.1 Å². The molecule has 3 unspecified atom stereocenters. The Morgan fingerprint density at radius 1 is 1.75 bits per heavy atom. The Labute approximate surface area is 74.3 Å². The summed E-state index contributed by atoms with van der Waals surface area (Å²) in [5.41, 5.74) is 4.97. The Kier molecular flexibility index (Phi) is 3.09. The van der Waals surface area contributed by atoms with Crippen molar-refractivity contribution < 1.29 is 5.11 Å². The van der Waals surface area contributed by atoms with Crippen LogP contribution in [0.1, 0.15) is 26.7 Å². The SMILES string of the molecule is CC1CCC(O)(C(C)CN)CN1. The topological polar surface area (TPSA) is 58.3 Å². The van der Waals surface area contributed by atoms with E-state index in [4.69, 9.17) is 5.73 Å². The lowest BCUT2D eigenvalue weighted by atomic mass is 9.81. The number of hydrogen-bond donors (Lipinski definition) is 3. The van der Waals surface area contributed by atoms with Crippen LogP contribution in [0.25, 0.3) is 0 Å². The van der Waals surface area contributed by atoms with E-state index in [2.05, 4.69) is 12.2 Å². The monoisotopic (exact) mass is 172 g/mol. The van der Waals surface area contributed by atoms with Gasteiger partial charge in [-0.15, -0.1) is 0 Å². The molecule has 4 N–H and O–H groups in total. The van der Waals surface area contributed by atoms with E-state index >= 15 is 0 Å². The van der Waals surface area contributed by atoms with Crippen LogP contribution in [0.15, 0.2) is 0 Å². The van der Waals surface area contributed by atoms with Gasteiger partial charge in [-0.2, -0.15) is 0 Å². The van der Waals surface area contributed by atoms with Gasteiger partial charge < -0.3 is 16.2 Å². The minimum atomic E-state index is -0.568. The van der Waals surface area contributed by atoms with Gasteiger partial charge in [0.25, 0.3) is 0 Å². The molecule has 0 aromatic rings. The lowest BCUT2D eigenvalue weighted by molar-refractivity contribution is -0.0349. The molecule has 0 amide bonds. The lowest BCUT2D eigenvalue weighted by Gasteiger charge is -2.39. The maximum absolute atomic E-state index is 10.1. The standard InChI is InChI=1S/C9H20N2O/c1-7(5-10)9(12)4-3-8(2)11-6-9/h7-8,11-12H,3-6,10H2,1-2H3. The van der Waals surface area contributed by atoms with Crippen LogP contribution < -0.4 is 11.1 Å². The van der Waals surface area contributed by atoms with E-state index < -0.39 is 5.60 Å². The molecule has 0 aliphatic carbocycles. The average Bonchev–Trinajstić information content (AvgIpc) is 2.09. The third-order valence-electron chi connectivity index (χ3n) is 3.04. The Hall–Kier alpha value is -0.120. The molecule has 0 bridgehead atoms. The molecule has 0 aromatic carbocycles. The maximum Gasteiger partial charge on any atom is 0.0809 e. The molecule has 0 aromatic heterocycles. The Morgan fingerprint density at radius 2 is 2.42 bits per heavy atom. The van der Waals surface area contributed by atoms with E-state index in [1.54, 1.807) is 0 Å². The maximum atomic E-state index is 10.1. The third kappa shape index (κ3) is 1.97. The molecule has 3 heteroatoms. The van der Waals surface area contributed by atoms with Crippen LogP contribution in [0, 0.1) is 5.92 Å². The van der Waals surface area contributed by atoms with Gasteiger partial charge in [-0.25, -0.2) is 0 Å². The first-order valence-corrected chi connectivity index (χ1v) is 4.74. The molecule has 12 heavy (non-hydrogen) atoms. The molecule has 72 valence electrons. The number of hydrogen-bond acceptors (Lipinski definition) is 3. The number of β-amino-alcohol motifs (C(OH)–C–C–N with tert-alkyl or cyclic N) is 1. The highest BCUT2D eigenvalue weighted by molar-refractivity contribution is 4.92. The fourth-order valence-corrected chi connectivity index (χ4v) is 1.65. The van der Waals surface area contributed by atoms with Gasteiger partial charge in [-0.1, -0.05) is 6.92 Å². The largest absolute Gasteiger partial charge is 0.388 e. The summed E-state index contributed by atoms with van der Waals surface area (Å²) in [6.45, 7) is 5.41. The average molecular weight is 172 g/mol. The summed E-state index contributed by atoms with van der Waals surface area (Å²) < 4.78 is 0. The van der Waals surface area contributed by atoms with Crippen LogP contribution >= 0.6 is 0 Å². The van der Waals surface area contributed by atoms with Crippen molar-refractivity contribution in [2.75, 3.05) is 13.1 Å². The molecule has 0 spiro atoms. The fourth-order valence-electron chi connectivity index (χ4n) is 1.65. The molecule has 3 atom stereocenters. The molecule has 1 aliphatic heterocycles. The second-order valence-electron chi connectivity index (χ2n) is 4.06. The van der Waals surface area contributed by atoms with Crippen molar-refractivity contribution in [2.24, 2.45) is 11.7 Å². The van der Waals surface area contributed by atoms with Gasteiger partial charge >= 0.3 is 0 Å². The summed E-state index contributed by atoms with van der Waals surface area (Å²) in [6.07, 6.45) is 1.92. The van der Waals surface area contributed by atoms with E-state index in [1.165, 1.54) is 0 Å². The number of piperidine rings is 1. The van der Waals surface area contributed by atoms with Gasteiger partial charge in [0.1, 0.15) is 0 Å². The van der Waals surface area contributed by atoms with Gasteiger partial charge in [0.15, 0.2) is 0 Å². The summed E-state index contributed by atoms with van der Waals surface area (Å²) in [5.74, 6) is 0.192. The normalized spacial score (nSPS) is 39.5. The van der Waals surface area contributed by atoms with Gasteiger partial charge in [0.05, 0.1) is 5.60 Å². The second-order valence-corrected chi connectivity index (χ2v) is 4.06. The molecule has 0 radical (unpaired) electrons. The molecule has 1 rings (SSSR count). The van der Waals surface area contributed by atoms with Gasteiger partial charge in [0, 0.05) is 12.6 Å². The lowest BCUT2D eigenvalue weighted by Crippen LogP contribution is -2.54. The summed E-state index contributed by atoms with van der Waals surface area (Å²) in [6, 6.07) is 0.537. The Bertz CT molecular complexity index is 141. The summed E-state index contributed by atoms with van der Waals surface area (Å²) in [7, 11) is 0. The highest BCUT2D eigenvalue weighted by atomic mass is 16.3. The van der Waals surface area contributed by atoms with E-state index in [-0.39, 0.29) is 5.92 Å². The minimum absolute atomic E-state index is 0.192. The first-order valence-electron chi connectivity index (χ1n) is 4.74. The smallest absolute Gasteiger partial charge is 0.0809 e. The van der Waals surface area contributed by atoms with Gasteiger partial charge in [-0.3, -0.25) is 0 Å². The first kappa shape index (κ1) is 9.96. The molecule has 1 saturated heterocycles. The predicted molar refractivity (Wildman–Crippen MR) is 49.9 cm³/mol. The third-order valence-corrected chi connectivity index (χ3v) is 3.04. The number of nitrogens with one attached hydrogen (secondary N) is 1. The van der Waals surface area contributed by atoms with Crippen LogP contribution in [0.3, 0.4) is 0 Å².